The molecule has 0 fully saturated rings. The molecular weight excluding hydrogens is 502 g/mol. The van der Waals surface area contributed by atoms with E-state index >= 15 is 0 Å². The minimum absolute atomic E-state index is 0.157. The summed E-state index contributed by atoms with van der Waals surface area (Å²) in [6.45, 7) is 7.51. The Morgan fingerprint density at radius 2 is 1.66 bits per heavy atom. The van der Waals surface area contributed by atoms with E-state index in [1.807, 2.05) is 52.0 Å². The summed E-state index contributed by atoms with van der Waals surface area (Å²) < 4.78 is 10.9. The summed E-state index contributed by atoms with van der Waals surface area (Å²) in [4.78, 5) is 42.1. The Bertz CT molecular complexity index is 1250. The van der Waals surface area contributed by atoms with Crippen LogP contribution in [0.2, 0.25) is 0 Å². The second-order valence-electron chi connectivity index (χ2n) is 9.92. The Hall–Kier alpha value is -3.85. The number of carbonyl (C=O) groups is 3. The summed E-state index contributed by atoms with van der Waals surface area (Å²) in [5.74, 6) is -0.155. The molecule has 1 heterocycles. The molecule has 202 valence electrons. The van der Waals surface area contributed by atoms with Gasteiger partial charge in [-0.15, -0.1) is 11.3 Å². The summed E-state index contributed by atoms with van der Waals surface area (Å²) in [5, 5.41) is 7.51. The monoisotopic (exact) mass is 537 g/mol. The van der Waals surface area contributed by atoms with Crippen molar-refractivity contribution >= 4 is 29.1 Å². The van der Waals surface area contributed by atoms with E-state index in [2.05, 4.69) is 10.6 Å². The number of nitrogens with zero attached hydrogens (tertiary/aromatic N) is 1. The molecule has 0 radical (unpaired) electrons. The lowest BCUT2D eigenvalue weighted by atomic mass is 10.00. The van der Waals surface area contributed by atoms with Gasteiger partial charge >= 0.3 is 0 Å². The van der Waals surface area contributed by atoms with Crippen molar-refractivity contribution in [3.05, 3.63) is 81.5 Å². The van der Waals surface area contributed by atoms with Gasteiger partial charge in [0, 0.05) is 12.1 Å². The predicted octanol–water partition coefficient (Wildman–Crippen LogP) is 4.49. The zero-order valence-electron chi connectivity index (χ0n) is 22.7. The predicted molar refractivity (Wildman–Crippen MR) is 149 cm³/mol. The third-order valence-electron chi connectivity index (χ3n) is 5.72. The molecule has 3 aromatic rings. The van der Waals surface area contributed by atoms with Crippen molar-refractivity contribution in [2.24, 2.45) is 0 Å². The lowest BCUT2D eigenvalue weighted by Gasteiger charge is -2.34. The molecule has 3 rings (SSSR count). The maximum atomic E-state index is 13.8. The average molecular weight is 538 g/mol. The number of amides is 3. The van der Waals surface area contributed by atoms with Gasteiger partial charge < -0.3 is 25.0 Å². The summed E-state index contributed by atoms with van der Waals surface area (Å²) >= 11 is 1.29. The summed E-state index contributed by atoms with van der Waals surface area (Å²) in [6, 6.07) is 15.4. The summed E-state index contributed by atoms with van der Waals surface area (Å²) in [6.07, 6.45) is 0. The number of nitrogens with one attached hydrogen (secondary N) is 2. The maximum Gasteiger partial charge on any atom is 0.261 e. The van der Waals surface area contributed by atoms with Crippen LogP contribution in [0.3, 0.4) is 0 Å². The quantitative estimate of drug-likeness (QED) is 0.397. The zero-order valence-corrected chi connectivity index (χ0v) is 23.5. The number of rotatable bonds is 10. The first-order valence-electron chi connectivity index (χ1n) is 12.2. The maximum absolute atomic E-state index is 13.8. The second-order valence-corrected chi connectivity index (χ2v) is 10.9. The Balaban J connectivity index is 2.03. The molecule has 0 aliphatic carbocycles. The molecule has 0 saturated carbocycles. The number of hydrogen-bond donors (Lipinski definition) is 2. The molecule has 3 amide bonds. The highest BCUT2D eigenvalue weighted by Gasteiger charge is 2.34. The number of ether oxygens (including phenoxy) is 2. The number of benzene rings is 2. The van der Waals surface area contributed by atoms with Gasteiger partial charge in [-0.05, 0) is 62.4 Å². The first-order valence-corrected chi connectivity index (χ1v) is 13.1. The molecule has 0 spiro atoms. The third kappa shape index (κ3) is 7.58. The lowest BCUT2D eigenvalue weighted by molar-refractivity contribution is -0.141. The SMILES string of the molecule is COc1ccc(C(C(=O)NC(C)(C)C)N(Cc2ccc(C)cc2)C(=O)CNC(=O)c2cccs2)cc1OC. The van der Waals surface area contributed by atoms with Crippen molar-refractivity contribution in [3.63, 3.8) is 0 Å². The summed E-state index contributed by atoms with van der Waals surface area (Å²) in [7, 11) is 3.05. The normalized spacial score (nSPS) is 11.8. The van der Waals surface area contributed by atoms with E-state index in [0.717, 1.165) is 11.1 Å². The first kappa shape index (κ1) is 28.7. The minimum Gasteiger partial charge on any atom is -0.493 e. The van der Waals surface area contributed by atoms with Crippen LogP contribution in [0, 0.1) is 6.92 Å². The molecule has 0 aliphatic heterocycles. The van der Waals surface area contributed by atoms with E-state index in [9.17, 15) is 14.4 Å². The van der Waals surface area contributed by atoms with Gasteiger partial charge in [0.15, 0.2) is 11.5 Å². The first-order chi connectivity index (χ1) is 18.0. The molecule has 2 N–H and O–H groups in total. The highest BCUT2D eigenvalue weighted by Crippen LogP contribution is 2.33. The Kier molecular flexibility index (Phi) is 9.52. The number of methoxy groups -OCH3 is 2. The fraction of sp³-hybridized carbons (Fsp3) is 0.345. The van der Waals surface area contributed by atoms with Gasteiger partial charge in [-0.3, -0.25) is 14.4 Å². The Labute approximate surface area is 228 Å². The second kappa shape index (κ2) is 12.6. The molecule has 0 saturated heterocycles. The van der Waals surface area contributed by atoms with Crippen molar-refractivity contribution in [1.29, 1.82) is 0 Å². The van der Waals surface area contributed by atoms with E-state index in [1.165, 1.54) is 30.5 Å². The van der Waals surface area contributed by atoms with E-state index in [4.69, 9.17) is 9.47 Å². The largest absolute Gasteiger partial charge is 0.493 e. The van der Waals surface area contributed by atoms with E-state index < -0.39 is 17.5 Å². The zero-order chi connectivity index (χ0) is 27.9. The molecule has 8 nitrogen and oxygen atoms in total. The average Bonchev–Trinajstić information content (AvgIpc) is 3.42. The van der Waals surface area contributed by atoms with Crippen LogP contribution in [-0.2, 0) is 16.1 Å². The Morgan fingerprint density at radius 1 is 0.974 bits per heavy atom. The third-order valence-corrected chi connectivity index (χ3v) is 6.59. The minimum atomic E-state index is -0.999. The van der Waals surface area contributed by atoms with Crippen LogP contribution in [0.25, 0.3) is 0 Å². The lowest BCUT2D eigenvalue weighted by Crippen LogP contribution is -2.50. The van der Waals surface area contributed by atoms with Gasteiger partial charge in [-0.1, -0.05) is 42.0 Å². The molecular formula is C29H35N3O5S. The molecule has 0 aliphatic rings. The standard InChI is InChI=1S/C29H35N3O5S/c1-19-9-11-20(12-10-19)18-32(25(33)17-30-27(34)24-8-7-15-38-24)26(28(35)31-29(2,3)4)21-13-14-22(36-5)23(16-21)37-6/h7-16,26H,17-18H2,1-6H3,(H,30,34)(H,31,35). The Morgan fingerprint density at radius 3 is 2.24 bits per heavy atom. The van der Waals surface area contributed by atoms with Gasteiger partial charge in [-0.2, -0.15) is 0 Å². The smallest absolute Gasteiger partial charge is 0.261 e. The molecule has 9 heteroatoms. The van der Waals surface area contributed by atoms with Crippen LogP contribution in [-0.4, -0.2) is 48.9 Å². The topological polar surface area (TPSA) is 97.0 Å². The van der Waals surface area contributed by atoms with Crippen molar-refractivity contribution in [2.75, 3.05) is 20.8 Å². The number of thiophene rings is 1. The van der Waals surface area contributed by atoms with Gasteiger partial charge in [0.05, 0.1) is 25.6 Å². The van der Waals surface area contributed by atoms with E-state index in [-0.39, 0.29) is 24.9 Å². The summed E-state index contributed by atoms with van der Waals surface area (Å²) in [5.41, 5.74) is 1.94. The molecule has 2 aromatic carbocycles. The van der Waals surface area contributed by atoms with Crippen LogP contribution in [0.15, 0.2) is 60.0 Å². The van der Waals surface area contributed by atoms with E-state index in [0.29, 0.717) is 21.9 Å². The van der Waals surface area contributed by atoms with Gasteiger partial charge in [0.2, 0.25) is 11.8 Å². The van der Waals surface area contributed by atoms with Crippen molar-refractivity contribution in [2.45, 2.75) is 45.8 Å². The highest BCUT2D eigenvalue weighted by atomic mass is 32.1. The highest BCUT2D eigenvalue weighted by molar-refractivity contribution is 7.12. The fourth-order valence-corrected chi connectivity index (χ4v) is 4.54. The van der Waals surface area contributed by atoms with Crippen LogP contribution < -0.4 is 20.1 Å². The number of hydrogen-bond acceptors (Lipinski definition) is 6. The molecule has 1 atom stereocenters. The van der Waals surface area contributed by atoms with Crippen molar-refractivity contribution in [1.82, 2.24) is 15.5 Å². The van der Waals surface area contributed by atoms with Gasteiger partial charge in [-0.25, -0.2) is 0 Å². The van der Waals surface area contributed by atoms with Gasteiger partial charge in [0.25, 0.3) is 5.91 Å². The molecule has 38 heavy (non-hydrogen) atoms. The molecule has 1 unspecified atom stereocenters. The van der Waals surface area contributed by atoms with Crippen LogP contribution in [0.1, 0.15) is 53.2 Å². The van der Waals surface area contributed by atoms with Crippen molar-refractivity contribution in [3.8, 4) is 11.5 Å². The van der Waals surface area contributed by atoms with Crippen molar-refractivity contribution < 1.29 is 23.9 Å². The van der Waals surface area contributed by atoms with E-state index in [1.54, 1.807) is 35.7 Å². The number of carbonyl (C=O) groups excluding carboxylic acids is 3. The van der Waals surface area contributed by atoms with Crippen LogP contribution >= 0.6 is 11.3 Å². The number of aryl methyl sites for hydroxylation is 1. The van der Waals surface area contributed by atoms with Gasteiger partial charge in [0.1, 0.15) is 6.04 Å². The van der Waals surface area contributed by atoms with Crippen LogP contribution in [0.5, 0.6) is 11.5 Å². The molecule has 0 bridgehead atoms. The fourth-order valence-electron chi connectivity index (χ4n) is 3.90. The molecule has 1 aromatic heterocycles. The van der Waals surface area contributed by atoms with Crippen LogP contribution in [0.4, 0.5) is 0 Å².